The van der Waals surface area contributed by atoms with Crippen molar-refractivity contribution in [2.45, 2.75) is 0 Å². The molecule has 21 heavy (non-hydrogen) atoms. The first-order valence-corrected chi connectivity index (χ1v) is 5.59. The molecule has 2 rings (SSSR count). The standard InChI is InChI=1S/C14H7F5O2/c1-21-14(20)7-5-3-2-4-6(7)8-9(15)11(17)13(19)12(18)10(8)16/h2-5H,1H3. The Bertz CT molecular complexity index is 699. The Morgan fingerprint density at radius 3 is 1.86 bits per heavy atom. The maximum Gasteiger partial charge on any atom is 0.338 e. The number of benzene rings is 2. The number of hydrogen-bond donors (Lipinski definition) is 0. The van der Waals surface area contributed by atoms with Gasteiger partial charge >= 0.3 is 5.97 Å². The van der Waals surface area contributed by atoms with Crippen LogP contribution in [0.3, 0.4) is 0 Å². The molecule has 2 nitrogen and oxygen atoms in total. The van der Waals surface area contributed by atoms with E-state index in [4.69, 9.17) is 0 Å². The van der Waals surface area contributed by atoms with Crippen molar-refractivity contribution in [2.75, 3.05) is 7.11 Å². The summed E-state index contributed by atoms with van der Waals surface area (Å²) < 4.78 is 71.4. The highest BCUT2D eigenvalue weighted by atomic mass is 19.2. The first kappa shape index (κ1) is 15.0. The van der Waals surface area contributed by atoms with Gasteiger partial charge in [-0.25, -0.2) is 26.7 Å². The average molecular weight is 302 g/mol. The van der Waals surface area contributed by atoms with E-state index in [1.165, 1.54) is 12.1 Å². The van der Waals surface area contributed by atoms with Crippen molar-refractivity contribution >= 4 is 5.97 Å². The van der Waals surface area contributed by atoms with Crippen molar-refractivity contribution in [3.8, 4) is 11.1 Å². The fraction of sp³-hybridized carbons (Fsp3) is 0.0714. The third-order valence-corrected chi connectivity index (χ3v) is 2.81. The van der Waals surface area contributed by atoms with Gasteiger partial charge in [0.2, 0.25) is 5.82 Å². The van der Waals surface area contributed by atoms with Crippen LogP contribution in [-0.4, -0.2) is 13.1 Å². The number of carbonyl (C=O) groups excluding carboxylic acids is 1. The summed E-state index contributed by atoms with van der Waals surface area (Å²) in [6.45, 7) is 0. The average Bonchev–Trinajstić information content (AvgIpc) is 2.51. The van der Waals surface area contributed by atoms with Gasteiger partial charge in [0, 0.05) is 5.56 Å². The summed E-state index contributed by atoms with van der Waals surface area (Å²) in [7, 11) is 1.03. The number of halogens is 5. The molecule has 2 aromatic rings. The molecular formula is C14H7F5O2. The van der Waals surface area contributed by atoms with Gasteiger partial charge in [0.25, 0.3) is 0 Å². The SMILES string of the molecule is COC(=O)c1ccccc1-c1c(F)c(F)c(F)c(F)c1F. The van der Waals surface area contributed by atoms with Crippen molar-refractivity contribution < 1.29 is 31.5 Å². The second kappa shape index (κ2) is 5.51. The number of carbonyl (C=O) groups is 1. The van der Waals surface area contributed by atoms with Crippen LogP contribution in [0.1, 0.15) is 10.4 Å². The van der Waals surface area contributed by atoms with E-state index in [0.29, 0.717) is 0 Å². The highest BCUT2D eigenvalue weighted by molar-refractivity contribution is 5.97. The van der Waals surface area contributed by atoms with Crippen LogP contribution in [0.4, 0.5) is 22.0 Å². The van der Waals surface area contributed by atoms with Crippen molar-refractivity contribution in [3.63, 3.8) is 0 Å². The Hall–Kier alpha value is -2.44. The predicted octanol–water partition coefficient (Wildman–Crippen LogP) is 3.84. The van der Waals surface area contributed by atoms with Crippen LogP contribution in [0.5, 0.6) is 0 Å². The molecule has 0 bridgehead atoms. The minimum atomic E-state index is -2.26. The summed E-state index contributed by atoms with van der Waals surface area (Å²) in [5.74, 6) is -11.4. The van der Waals surface area contributed by atoms with Crippen LogP contribution in [-0.2, 0) is 4.74 Å². The van der Waals surface area contributed by atoms with Crippen LogP contribution in [0.2, 0.25) is 0 Å². The van der Waals surface area contributed by atoms with Gasteiger partial charge in [-0.15, -0.1) is 0 Å². The van der Waals surface area contributed by atoms with Gasteiger partial charge in [0.1, 0.15) is 0 Å². The van der Waals surface area contributed by atoms with Gasteiger partial charge in [0.05, 0.1) is 18.2 Å². The molecule has 0 spiro atoms. The van der Waals surface area contributed by atoms with Crippen LogP contribution in [0, 0.1) is 29.1 Å². The minimum Gasteiger partial charge on any atom is -0.465 e. The number of ether oxygens (including phenoxy) is 1. The Morgan fingerprint density at radius 1 is 0.857 bits per heavy atom. The summed E-state index contributed by atoms with van der Waals surface area (Å²) >= 11 is 0. The second-order valence-corrected chi connectivity index (χ2v) is 3.98. The van der Waals surface area contributed by atoms with Gasteiger partial charge in [-0.3, -0.25) is 0 Å². The molecular weight excluding hydrogens is 295 g/mol. The summed E-state index contributed by atoms with van der Waals surface area (Å²) in [6, 6.07) is 4.87. The van der Waals surface area contributed by atoms with Crippen LogP contribution >= 0.6 is 0 Å². The predicted molar refractivity (Wildman–Crippen MR) is 63.0 cm³/mol. The first-order valence-electron chi connectivity index (χ1n) is 5.59. The molecule has 0 saturated carbocycles. The summed E-state index contributed by atoms with van der Waals surface area (Å²) in [5.41, 5.74) is -1.94. The molecule has 0 unspecified atom stereocenters. The van der Waals surface area contributed by atoms with Crippen molar-refractivity contribution in [1.82, 2.24) is 0 Å². The van der Waals surface area contributed by atoms with E-state index in [1.54, 1.807) is 0 Å². The van der Waals surface area contributed by atoms with Crippen molar-refractivity contribution in [2.24, 2.45) is 0 Å². The third kappa shape index (κ3) is 2.35. The Kier molecular flexibility index (Phi) is 3.93. The third-order valence-electron chi connectivity index (χ3n) is 2.81. The van der Waals surface area contributed by atoms with E-state index in [2.05, 4.69) is 4.74 Å². The van der Waals surface area contributed by atoms with E-state index in [1.807, 2.05) is 0 Å². The molecule has 0 aliphatic heterocycles. The Balaban J connectivity index is 2.83. The maximum atomic E-state index is 13.8. The number of methoxy groups -OCH3 is 1. The van der Waals surface area contributed by atoms with Crippen LogP contribution in [0.25, 0.3) is 11.1 Å². The van der Waals surface area contributed by atoms with E-state index >= 15 is 0 Å². The Morgan fingerprint density at radius 2 is 1.33 bits per heavy atom. The molecule has 0 fully saturated rings. The largest absolute Gasteiger partial charge is 0.465 e. The molecule has 0 radical (unpaired) electrons. The summed E-state index contributed by atoms with van der Waals surface area (Å²) in [6.07, 6.45) is 0. The highest BCUT2D eigenvalue weighted by Gasteiger charge is 2.28. The lowest BCUT2D eigenvalue weighted by Crippen LogP contribution is -2.08. The smallest absolute Gasteiger partial charge is 0.338 e. The second-order valence-electron chi connectivity index (χ2n) is 3.98. The molecule has 0 aliphatic rings. The summed E-state index contributed by atoms with van der Waals surface area (Å²) in [4.78, 5) is 11.5. The lowest BCUT2D eigenvalue weighted by molar-refractivity contribution is 0.0601. The molecule has 0 amide bonds. The van der Waals surface area contributed by atoms with Crippen LogP contribution in [0.15, 0.2) is 24.3 Å². The Labute approximate surface area is 115 Å². The van der Waals surface area contributed by atoms with Gasteiger partial charge < -0.3 is 4.74 Å². The first-order chi connectivity index (χ1) is 9.90. The fourth-order valence-corrected chi connectivity index (χ4v) is 1.83. The van der Waals surface area contributed by atoms with E-state index < -0.39 is 46.2 Å². The molecule has 0 N–H and O–H groups in total. The van der Waals surface area contributed by atoms with Gasteiger partial charge in [-0.1, -0.05) is 18.2 Å². The van der Waals surface area contributed by atoms with Crippen LogP contribution < -0.4 is 0 Å². The minimum absolute atomic E-state index is 0.316. The molecule has 0 aliphatic carbocycles. The molecule has 110 valence electrons. The van der Waals surface area contributed by atoms with E-state index in [0.717, 1.165) is 19.2 Å². The van der Waals surface area contributed by atoms with Crippen molar-refractivity contribution in [1.29, 1.82) is 0 Å². The molecule has 2 aromatic carbocycles. The highest BCUT2D eigenvalue weighted by Crippen LogP contribution is 2.33. The lowest BCUT2D eigenvalue weighted by Gasteiger charge is -2.11. The lowest BCUT2D eigenvalue weighted by atomic mass is 9.98. The molecule has 0 aromatic heterocycles. The zero-order valence-corrected chi connectivity index (χ0v) is 10.5. The zero-order chi connectivity index (χ0) is 15.7. The number of hydrogen-bond acceptors (Lipinski definition) is 2. The maximum absolute atomic E-state index is 13.8. The molecule has 0 saturated heterocycles. The van der Waals surface area contributed by atoms with E-state index in [9.17, 15) is 26.7 Å². The topological polar surface area (TPSA) is 26.3 Å². The quantitative estimate of drug-likeness (QED) is 0.365. The monoisotopic (exact) mass is 302 g/mol. The summed E-state index contributed by atoms with van der Waals surface area (Å²) in [5, 5.41) is 0. The fourth-order valence-electron chi connectivity index (χ4n) is 1.83. The van der Waals surface area contributed by atoms with Crippen molar-refractivity contribution in [3.05, 3.63) is 58.9 Å². The van der Waals surface area contributed by atoms with Gasteiger partial charge in [0.15, 0.2) is 23.3 Å². The van der Waals surface area contributed by atoms with Gasteiger partial charge in [-0.2, -0.15) is 0 Å². The molecule has 7 heteroatoms. The van der Waals surface area contributed by atoms with Gasteiger partial charge in [-0.05, 0) is 6.07 Å². The molecule has 0 heterocycles. The number of rotatable bonds is 2. The normalized spacial score (nSPS) is 10.6. The zero-order valence-electron chi connectivity index (χ0n) is 10.5. The molecule has 0 atom stereocenters. The van der Waals surface area contributed by atoms with E-state index in [-0.39, 0.29) is 5.56 Å². The number of esters is 1.